The minimum atomic E-state index is -1.32. The van der Waals surface area contributed by atoms with E-state index in [9.17, 15) is 63.3 Å². The Balaban J connectivity index is 1.56. The van der Waals surface area contributed by atoms with E-state index in [1.165, 1.54) is 34.1 Å². The molecule has 16 N–H and O–H groups in total. The van der Waals surface area contributed by atoms with Crippen molar-refractivity contribution >= 4 is 59.1 Å². The molecule has 10 atom stereocenters. The SMILES string of the molecule is CC(C)C[C@H](NC(=O)[C@H](CCCCN)NC(=O)[C@@H](NC(=O)[C@@H]1CCCN1C(=O)[C@H](Cc1ccc(O)cc1)NC(=O)[C@@H](N)CC(C)C)C(C)C)C(=O)N[C@@H](Cc1ccc(O)cc1)C(=O)N1CCC[C@H]1C(=O)N[C@H](C(=O)N[C@@H](CCCCN)C(=O)O)C(C)C. The zero-order chi connectivity index (χ0) is 64.7. The van der Waals surface area contributed by atoms with Gasteiger partial charge in [0.25, 0.3) is 0 Å². The third kappa shape index (κ3) is 22.7. The molecule has 2 saturated heterocycles. The number of rotatable bonds is 35. The molecule has 2 aromatic rings. The van der Waals surface area contributed by atoms with E-state index in [-0.39, 0.29) is 87.9 Å². The van der Waals surface area contributed by atoms with Crippen LogP contribution in [-0.2, 0) is 60.8 Å². The number of phenols is 2. The van der Waals surface area contributed by atoms with Crippen molar-refractivity contribution in [2.24, 2.45) is 40.9 Å². The van der Waals surface area contributed by atoms with Gasteiger partial charge >= 0.3 is 5.97 Å². The van der Waals surface area contributed by atoms with Crippen LogP contribution in [0.5, 0.6) is 11.5 Å². The van der Waals surface area contributed by atoms with Crippen molar-refractivity contribution in [2.75, 3.05) is 26.2 Å². The first-order valence-electron chi connectivity index (χ1n) is 30.8. The Hall–Kier alpha value is -7.38. The van der Waals surface area contributed by atoms with Crippen LogP contribution >= 0.6 is 0 Å². The Morgan fingerprint density at radius 1 is 0.483 bits per heavy atom. The summed E-state index contributed by atoms with van der Waals surface area (Å²) < 4.78 is 0. The number of nitrogens with one attached hydrogen (secondary N) is 7. The fraction of sp³-hybridized carbons (Fsp3) is 0.645. The minimum absolute atomic E-state index is 0.0145. The molecule has 2 aromatic carbocycles. The molecular weight excluding hydrogens is 1120 g/mol. The van der Waals surface area contributed by atoms with E-state index < -0.39 is 131 Å². The third-order valence-electron chi connectivity index (χ3n) is 15.7. The lowest BCUT2D eigenvalue weighted by Gasteiger charge is -2.32. The number of carboxylic acid groups (broad SMARTS) is 1. The molecule has 4 rings (SSSR count). The highest BCUT2D eigenvalue weighted by Crippen LogP contribution is 2.24. The number of unbranched alkanes of at least 4 members (excludes halogenated alkanes) is 2. The Labute approximate surface area is 511 Å². The van der Waals surface area contributed by atoms with Gasteiger partial charge in [-0.05, 0) is 149 Å². The zero-order valence-electron chi connectivity index (χ0n) is 52.0. The summed E-state index contributed by atoms with van der Waals surface area (Å²) in [7, 11) is 0. The molecule has 2 fully saturated rings. The number of aliphatic carboxylic acids is 1. The van der Waals surface area contributed by atoms with Gasteiger partial charge in [-0.15, -0.1) is 0 Å². The lowest BCUT2D eigenvalue weighted by atomic mass is 9.99. The van der Waals surface area contributed by atoms with Gasteiger partial charge in [-0.1, -0.05) is 79.7 Å². The molecule has 25 nitrogen and oxygen atoms in total. The van der Waals surface area contributed by atoms with Gasteiger partial charge in [-0.25, -0.2) is 4.79 Å². The zero-order valence-corrected chi connectivity index (χ0v) is 52.0. The van der Waals surface area contributed by atoms with Gasteiger partial charge < -0.3 is 79.5 Å². The maximum absolute atomic E-state index is 14.8. The van der Waals surface area contributed by atoms with Crippen LogP contribution in [0.2, 0.25) is 0 Å². The van der Waals surface area contributed by atoms with E-state index in [4.69, 9.17) is 17.2 Å². The van der Waals surface area contributed by atoms with E-state index in [1.807, 2.05) is 27.7 Å². The maximum atomic E-state index is 14.8. The summed E-state index contributed by atoms with van der Waals surface area (Å²) in [5.74, 6) is -8.28. The number of phenolic OH excluding ortho intramolecular Hbond substituents is 2. The number of hydrogen-bond donors (Lipinski definition) is 13. The van der Waals surface area contributed by atoms with Crippen molar-refractivity contribution in [3.8, 4) is 11.5 Å². The molecule has 0 radical (unpaired) electrons. The van der Waals surface area contributed by atoms with Crippen LogP contribution in [0.1, 0.15) is 144 Å². The first-order chi connectivity index (χ1) is 41.1. The van der Waals surface area contributed by atoms with E-state index in [0.717, 1.165) is 0 Å². The maximum Gasteiger partial charge on any atom is 0.326 e. The highest BCUT2D eigenvalue weighted by Gasteiger charge is 2.43. The standard InChI is InChI=1S/C62H98N12O13/c1-35(2)31-43(65)53(77)69-47(33-39-19-23-41(75)24-20-39)60(84)73-29-13-17-49(73)56(80)71-51(37(5)6)58(82)66-44(15-9-11-27-63)54(78)68-46(32-36(3)4)55(79)70-48(34-40-21-25-42(76)26-22-40)61(85)74-30-14-18-50(74)57(81)72-52(38(7)8)59(83)67-45(62(86)87)16-10-12-28-64/h19-26,35-38,43-52,75-76H,9-18,27-34,63-65H2,1-8H3,(H,66,82)(H,67,83)(H,68,78)(H,69,77)(H,70,79)(H,71,80)(H,72,81)(H,86,87)/t43-,44-,45-,46-,47-,48-,49-,50-,51-,52-/m0/s1. The predicted octanol–water partition coefficient (Wildman–Crippen LogP) is 1.33. The molecule has 2 aliphatic rings. The fourth-order valence-corrected chi connectivity index (χ4v) is 10.9. The summed E-state index contributed by atoms with van der Waals surface area (Å²) >= 11 is 0. The molecule has 2 aliphatic heterocycles. The normalized spacial score (nSPS) is 17.8. The van der Waals surface area contributed by atoms with Gasteiger partial charge in [0.2, 0.25) is 53.2 Å². The lowest BCUT2D eigenvalue weighted by molar-refractivity contribution is -0.144. The Morgan fingerprint density at radius 3 is 1.24 bits per heavy atom. The molecule has 0 aliphatic carbocycles. The Kier molecular flexibility index (Phi) is 29.4. The van der Waals surface area contributed by atoms with Crippen LogP contribution in [0.4, 0.5) is 0 Å². The highest BCUT2D eigenvalue weighted by molar-refractivity contribution is 5.99. The molecule has 9 amide bonds. The number of hydrogen-bond acceptors (Lipinski definition) is 15. The van der Waals surface area contributed by atoms with Gasteiger partial charge in [-0.3, -0.25) is 43.2 Å². The Bertz CT molecular complexity index is 2620. The number of likely N-dealkylation sites (tertiary alicyclic amines) is 2. The second-order valence-electron chi connectivity index (χ2n) is 24.7. The topological polar surface area (TPSA) is 400 Å². The summed E-state index contributed by atoms with van der Waals surface area (Å²) in [4.78, 5) is 143. The summed E-state index contributed by atoms with van der Waals surface area (Å²) in [5.41, 5.74) is 18.8. The van der Waals surface area contributed by atoms with Crippen LogP contribution < -0.4 is 54.4 Å². The smallest absolute Gasteiger partial charge is 0.326 e. The van der Waals surface area contributed by atoms with Crippen LogP contribution in [0.3, 0.4) is 0 Å². The second kappa shape index (κ2) is 35.4. The number of carbonyl (C=O) groups excluding carboxylic acids is 9. The molecule has 0 bridgehead atoms. The van der Waals surface area contributed by atoms with E-state index in [1.54, 1.807) is 52.0 Å². The van der Waals surface area contributed by atoms with Crippen molar-refractivity contribution in [3.63, 3.8) is 0 Å². The van der Waals surface area contributed by atoms with Crippen LogP contribution in [0, 0.1) is 23.7 Å². The van der Waals surface area contributed by atoms with Crippen molar-refractivity contribution in [2.45, 2.75) is 206 Å². The van der Waals surface area contributed by atoms with Gasteiger partial charge in [0, 0.05) is 25.9 Å². The Morgan fingerprint density at radius 2 is 0.851 bits per heavy atom. The van der Waals surface area contributed by atoms with Gasteiger partial charge in [0.05, 0.1) is 6.04 Å². The second-order valence-corrected chi connectivity index (χ2v) is 24.7. The monoisotopic (exact) mass is 1220 g/mol. The third-order valence-corrected chi connectivity index (χ3v) is 15.7. The molecule has 87 heavy (non-hydrogen) atoms. The molecule has 2 heterocycles. The van der Waals surface area contributed by atoms with E-state index in [2.05, 4.69) is 37.2 Å². The number of aromatic hydroxyl groups is 2. The number of benzene rings is 2. The molecule has 25 heteroatoms. The minimum Gasteiger partial charge on any atom is -0.508 e. The molecule has 484 valence electrons. The van der Waals surface area contributed by atoms with Crippen molar-refractivity contribution in [3.05, 3.63) is 59.7 Å². The van der Waals surface area contributed by atoms with Crippen LogP contribution in [0.25, 0.3) is 0 Å². The number of nitrogens with zero attached hydrogens (tertiary/aromatic N) is 2. The van der Waals surface area contributed by atoms with Crippen molar-refractivity contribution in [1.29, 1.82) is 0 Å². The van der Waals surface area contributed by atoms with Gasteiger partial charge in [0.15, 0.2) is 0 Å². The quantitative estimate of drug-likeness (QED) is 0.0433. The molecule has 0 spiro atoms. The van der Waals surface area contributed by atoms with Gasteiger partial charge in [0.1, 0.15) is 65.9 Å². The van der Waals surface area contributed by atoms with Crippen molar-refractivity contribution in [1.82, 2.24) is 47.0 Å². The molecule has 0 aromatic heterocycles. The summed E-state index contributed by atoms with van der Waals surface area (Å²) in [6.07, 6.45) is 3.76. The average molecular weight is 1220 g/mol. The lowest BCUT2D eigenvalue weighted by Crippen LogP contribution is -2.61. The highest BCUT2D eigenvalue weighted by atomic mass is 16.4. The number of nitrogens with two attached hydrogens (primary N) is 3. The summed E-state index contributed by atoms with van der Waals surface area (Å²) in [5, 5.41) is 49.2. The predicted molar refractivity (Wildman–Crippen MR) is 327 cm³/mol. The molecular formula is C62H98N12O13. The van der Waals surface area contributed by atoms with Crippen LogP contribution in [-0.4, -0.2) is 171 Å². The van der Waals surface area contributed by atoms with Crippen molar-refractivity contribution < 1.29 is 63.3 Å². The molecule has 0 saturated carbocycles. The van der Waals surface area contributed by atoms with E-state index in [0.29, 0.717) is 62.6 Å². The number of amides is 9. The fourth-order valence-electron chi connectivity index (χ4n) is 10.9. The summed E-state index contributed by atoms with van der Waals surface area (Å²) in [6, 6.07) is 0.585. The van der Waals surface area contributed by atoms with E-state index >= 15 is 0 Å². The largest absolute Gasteiger partial charge is 0.508 e. The first kappa shape index (κ1) is 72.1. The number of carbonyl (C=O) groups is 10. The first-order valence-corrected chi connectivity index (χ1v) is 30.8. The molecule has 0 unspecified atom stereocenters. The number of carboxylic acids is 1. The van der Waals surface area contributed by atoms with Gasteiger partial charge in [-0.2, -0.15) is 0 Å². The van der Waals surface area contributed by atoms with Crippen LogP contribution in [0.15, 0.2) is 48.5 Å². The average Bonchev–Trinajstić information content (AvgIpc) is 2.10. The summed E-state index contributed by atoms with van der Waals surface area (Å²) in [6.45, 7) is 15.2.